The number of hydrogen-bond donors (Lipinski definition) is 0. The van der Waals surface area contributed by atoms with Crippen LogP contribution in [0, 0.1) is 0 Å². The summed E-state index contributed by atoms with van der Waals surface area (Å²) in [7, 11) is 0. The lowest BCUT2D eigenvalue weighted by Gasteiger charge is -2.34. The lowest BCUT2D eigenvalue weighted by Crippen LogP contribution is -2.28. The monoisotopic (exact) mass is 754 g/mol. The normalized spacial score (nSPS) is 13.3. The van der Waals surface area contributed by atoms with E-state index in [0.717, 1.165) is 5.69 Å². The second-order valence-corrected chi connectivity index (χ2v) is 16.7. The topological polar surface area (TPSA) is 9.86 Å². The number of fused-ring (bicyclic) bond motifs is 13. The van der Waals surface area contributed by atoms with Gasteiger partial charge in [0.25, 0.3) is 0 Å². The maximum atomic E-state index is 2.54. The van der Waals surface area contributed by atoms with Gasteiger partial charge in [0.1, 0.15) is 0 Å². The van der Waals surface area contributed by atoms with Crippen LogP contribution >= 0.6 is 11.3 Å². The van der Waals surface area contributed by atoms with E-state index < -0.39 is 5.41 Å². The predicted octanol–water partition coefficient (Wildman–Crippen LogP) is 14.6. The fraction of sp³-hybridized carbons (Fsp3) is 0.0182. The minimum atomic E-state index is -0.580. The Kier molecular flexibility index (Phi) is 6.56. The van der Waals surface area contributed by atoms with Gasteiger partial charge in [0.05, 0.1) is 32.2 Å². The summed E-state index contributed by atoms with van der Waals surface area (Å²) in [6, 6.07) is 76.8. The van der Waals surface area contributed by atoms with E-state index in [4.69, 9.17) is 0 Å². The fourth-order valence-electron chi connectivity index (χ4n) is 10.4. The first-order chi connectivity index (χ1) is 28.8. The van der Waals surface area contributed by atoms with Gasteiger partial charge in [0.2, 0.25) is 0 Å². The van der Waals surface area contributed by atoms with Crippen molar-refractivity contribution in [3.8, 4) is 22.5 Å². The smallest absolute Gasteiger partial charge is 0.0719 e. The Balaban J connectivity index is 1.14. The molecule has 13 rings (SSSR count). The molecule has 270 valence electrons. The second kappa shape index (κ2) is 11.9. The van der Waals surface area contributed by atoms with Crippen LogP contribution in [0.1, 0.15) is 22.3 Å². The van der Waals surface area contributed by atoms with Crippen molar-refractivity contribution in [3.05, 3.63) is 229 Å². The van der Waals surface area contributed by atoms with Crippen molar-refractivity contribution in [2.45, 2.75) is 5.41 Å². The standard InChI is InChI=1S/C55H34N2S/c1-3-15-35(16-4-1)55(36-17-5-2-6-18-36)47-33-37(56-49-23-11-7-19-41(49)42-20-8-12-24-50(42)56)27-29-39(47)40-30-28-38(34-48(40)55)57-51-25-13-9-21-43(51)45-31-32-46-44-22-10-14-26-52(44)58-54(46)53(45)57/h1-34H. The van der Waals surface area contributed by atoms with E-state index >= 15 is 0 Å². The SMILES string of the molecule is c1ccc(C2(c3ccccc3)c3cc(-n4c5ccccc5c5ccccc54)ccc3-c3ccc(-n4c5ccccc5c5ccc6c7ccccc7sc6c54)cc32)cc1. The lowest BCUT2D eigenvalue weighted by atomic mass is 9.67. The highest BCUT2D eigenvalue weighted by Gasteiger charge is 2.46. The van der Waals surface area contributed by atoms with Gasteiger partial charge in [0, 0.05) is 48.4 Å². The zero-order valence-corrected chi connectivity index (χ0v) is 32.2. The van der Waals surface area contributed by atoms with Crippen LogP contribution < -0.4 is 0 Å². The van der Waals surface area contributed by atoms with E-state index in [0.29, 0.717) is 0 Å². The van der Waals surface area contributed by atoms with Crippen molar-refractivity contribution >= 4 is 75.1 Å². The van der Waals surface area contributed by atoms with Crippen LogP contribution in [0.4, 0.5) is 0 Å². The summed E-state index contributed by atoms with van der Waals surface area (Å²) < 4.78 is 7.63. The average Bonchev–Trinajstić information content (AvgIpc) is 4.02. The maximum Gasteiger partial charge on any atom is 0.0719 e. The molecule has 0 amide bonds. The first-order valence-electron chi connectivity index (χ1n) is 20.0. The molecule has 0 saturated heterocycles. The summed E-state index contributed by atoms with van der Waals surface area (Å²) in [6.07, 6.45) is 0. The summed E-state index contributed by atoms with van der Waals surface area (Å²) in [4.78, 5) is 0. The van der Waals surface area contributed by atoms with E-state index in [9.17, 15) is 0 Å². The minimum absolute atomic E-state index is 0.580. The molecule has 0 fully saturated rings. The third-order valence-corrected chi connectivity index (χ3v) is 14.0. The number of hydrogen-bond acceptors (Lipinski definition) is 1. The molecule has 0 radical (unpaired) electrons. The van der Waals surface area contributed by atoms with Gasteiger partial charge in [0.15, 0.2) is 0 Å². The van der Waals surface area contributed by atoms with Gasteiger partial charge in [-0.25, -0.2) is 0 Å². The van der Waals surface area contributed by atoms with Gasteiger partial charge in [-0.2, -0.15) is 0 Å². The molecule has 2 nitrogen and oxygen atoms in total. The zero-order chi connectivity index (χ0) is 38.0. The molecule has 0 spiro atoms. The minimum Gasteiger partial charge on any atom is -0.309 e. The molecule has 1 aliphatic rings. The van der Waals surface area contributed by atoms with Gasteiger partial charge in [-0.3, -0.25) is 0 Å². The molecule has 3 aromatic heterocycles. The molecule has 1 aliphatic carbocycles. The van der Waals surface area contributed by atoms with Crippen LogP contribution in [0.15, 0.2) is 206 Å². The summed E-state index contributed by atoms with van der Waals surface area (Å²) in [5.41, 5.74) is 14.3. The quantitative estimate of drug-likeness (QED) is 0.169. The van der Waals surface area contributed by atoms with E-state index in [1.807, 2.05) is 11.3 Å². The molecule has 0 atom stereocenters. The van der Waals surface area contributed by atoms with Gasteiger partial charge < -0.3 is 9.13 Å². The molecule has 0 saturated carbocycles. The van der Waals surface area contributed by atoms with Gasteiger partial charge in [-0.1, -0.05) is 158 Å². The highest BCUT2D eigenvalue weighted by atomic mass is 32.1. The van der Waals surface area contributed by atoms with Gasteiger partial charge in [-0.15, -0.1) is 11.3 Å². The number of benzene rings is 9. The van der Waals surface area contributed by atoms with E-state index in [1.165, 1.54) is 103 Å². The molecule has 0 N–H and O–H groups in total. The molecular weight excluding hydrogens is 721 g/mol. The number of thiophene rings is 1. The molecular formula is C55H34N2S. The molecule has 9 aromatic carbocycles. The van der Waals surface area contributed by atoms with E-state index in [-0.39, 0.29) is 0 Å². The first-order valence-corrected chi connectivity index (χ1v) is 20.8. The van der Waals surface area contributed by atoms with E-state index in [2.05, 4.69) is 215 Å². The molecule has 3 heterocycles. The van der Waals surface area contributed by atoms with Crippen molar-refractivity contribution in [2.24, 2.45) is 0 Å². The second-order valence-electron chi connectivity index (χ2n) is 15.6. The third-order valence-electron chi connectivity index (χ3n) is 12.8. The fourth-order valence-corrected chi connectivity index (χ4v) is 11.7. The van der Waals surface area contributed by atoms with Crippen molar-refractivity contribution in [3.63, 3.8) is 0 Å². The summed E-state index contributed by atoms with van der Waals surface area (Å²) >= 11 is 1.90. The maximum absolute atomic E-state index is 2.54. The molecule has 0 aliphatic heterocycles. The average molecular weight is 755 g/mol. The Bertz CT molecular complexity index is 3530. The van der Waals surface area contributed by atoms with Crippen LogP contribution in [0.25, 0.3) is 86.3 Å². The third kappa shape index (κ3) is 4.16. The Morgan fingerprint density at radius 1 is 0.345 bits per heavy atom. The molecule has 58 heavy (non-hydrogen) atoms. The summed E-state index contributed by atoms with van der Waals surface area (Å²) in [5.74, 6) is 0. The van der Waals surface area contributed by atoms with Gasteiger partial charge in [-0.05, 0) is 81.9 Å². The molecule has 12 aromatic rings. The van der Waals surface area contributed by atoms with Crippen molar-refractivity contribution in [1.82, 2.24) is 9.13 Å². The van der Waals surface area contributed by atoms with Gasteiger partial charge >= 0.3 is 0 Å². The Morgan fingerprint density at radius 3 is 1.38 bits per heavy atom. The largest absolute Gasteiger partial charge is 0.309 e. The first kappa shape index (κ1) is 31.9. The summed E-state index contributed by atoms with van der Waals surface area (Å²) in [6.45, 7) is 0. The zero-order valence-electron chi connectivity index (χ0n) is 31.4. The van der Waals surface area contributed by atoms with E-state index in [1.54, 1.807) is 0 Å². The van der Waals surface area contributed by atoms with Crippen LogP contribution in [-0.2, 0) is 5.41 Å². The van der Waals surface area contributed by atoms with Crippen molar-refractivity contribution in [1.29, 1.82) is 0 Å². The van der Waals surface area contributed by atoms with Crippen LogP contribution in [0.3, 0.4) is 0 Å². The highest BCUT2D eigenvalue weighted by Crippen LogP contribution is 2.57. The van der Waals surface area contributed by atoms with Crippen LogP contribution in [0.2, 0.25) is 0 Å². The molecule has 0 bridgehead atoms. The van der Waals surface area contributed by atoms with Crippen LogP contribution in [0.5, 0.6) is 0 Å². The summed E-state index contributed by atoms with van der Waals surface area (Å²) in [5, 5.41) is 7.72. The molecule has 0 unspecified atom stereocenters. The van der Waals surface area contributed by atoms with Crippen molar-refractivity contribution in [2.75, 3.05) is 0 Å². The number of aromatic nitrogens is 2. The number of rotatable bonds is 4. The lowest BCUT2D eigenvalue weighted by molar-refractivity contribution is 0.766. The number of para-hydroxylation sites is 3. The Morgan fingerprint density at radius 2 is 0.793 bits per heavy atom. The van der Waals surface area contributed by atoms with Crippen molar-refractivity contribution < 1.29 is 0 Å². The molecule has 3 heteroatoms. The Labute approximate surface area is 339 Å². The Hall–Kier alpha value is -7.20. The predicted molar refractivity (Wildman–Crippen MR) is 245 cm³/mol. The number of nitrogens with zero attached hydrogens (tertiary/aromatic N) is 2. The van der Waals surface area contributed by atoms with Crippen LogP contribution in [-0.4, -0.2) is 9.13 Å². The highest BCUT2D eigenvalue weighted by molar-refractivity contribution is 7.26.